The monoisotopic (exact) mass is 480 g/mol. The van der Waals surface area contributed by atoms with Crippen LogP contribution in [0.1, 0.15) is 44.0 Å². The number of carbonyl (C=O) groups excluding carboxylic acids is 1. The molecule has 4 heterocycles. The van der Waals surface area contributed by atoms with Crippen LogP contribution in [0, 0.1) is 19.8 Å². The molecule has 2 fully saturated rings. The Morgan fingerprint density at radius 3 is 2.69 bits per heavy atom. The second-order valence-corrected chi connectivity index (χ2v) is 11.7. The molecule has 176 valence electrons. The average molecular weight is 481 g/mol. The van der Waals surface area contributed by atoms with E-state index in [0.29, 0.717) is 31.1 Å². The van der Waals surface area contributed by atoms with Crippen molar-refractivity contribution >= 4 is 32.4 Å². The molecule has 0 radical (unpaired) electrons. The lowest BCUT2D eigenvalue weighted by molar-refractivity contribution is -0.120. The molecule has 2 aliphatic heterocycles. The van der Waals surface area contributed by atoms with Gasteiger partial charge in [-0.3, -0.25) is 4.79 Å². The minimum atomic E-state index is -3.19. The molecular weight excluding hydrogens is 448 g/mol. The van der Waals surface area contributed by atoms with E-state index in [0.717, 1.165) is 42.9 Å². The number of sulfonamides is 1. The number of piperidine rings is 1. The maximum Gasteiger partial charge on any atom is 0.229 e. The number of aromatic nitrogens is 2. The van der Waals surface area contributed by atoms with Crippen molar-refractivity contribution in [3.63, 3.8) is 0 Å². The van der Waals surface area contributed by atoms with Gasteiger partial charge in [-0.15, -0.1) is 11.3 Å². The van der Waals surface area contributed by atoms with Gasteiger partial charge in [0.1, 0.15) is 0 Å². The molecule has 1 atom stereocenters. The summed E-state index contributed by atoms with van der Waals surface area (Å²) in [6.07, 6.45) is 3.57. The normalized spacial score (nSPS) is 20.7. The Morgan fingerprint density at radius 2 is 2.03 bits per heavy atom. The summed E-state index contributed by atoms with van der Waals surface area (Å²) in [5, 5.41) is 5.50. The topological polar surface area (TPSA) is 93.5 Å². The molecule has 0 saturated carbocycles. The fraction of sp³-hybridized carbons (Fsp3) is 0.636. The third-order valence-electron chi connectivity index (χ3n) is 6.58. The van der Waals surface area contributed by atoms with Crippen LogP contribution in [-0.2, 0) is 26.1 Å². The summed E-state index contributed by atoms with van der Waals surface area (Å²) in [7, 11) is -3.19. The minimum absolute atomic E-state index is 0.0803. The number of nitrogens with one attached hydrogen (secondary N) is 1. The van der Waals surface area contributed by atoms with Gasteiger partial charge in [-0.25, -0.2) is 17.7 Å². The molecule has 0 aromatic carbocycles. The number of aryl methyl sites for hydroxylation is 1. The number of thiazole rings is 1. The van der Waals surface area contributed by atoms with E-state index in [2.05, 4.69) is 34.8 Å². The third kappa shape index (κ3) is 4.93. The molecule has 10 heteroatoms. The van der Waals surface area contributed by atoms with Crippen LogP contribution < -0.4 is 5.32 Å². The van der Waals surface area contributed by atoms with Gasteiger partial charge in [0, 0.05) is 54.5 Å². The average Bonchev–Trinajstić information content (AvgIpc) is 3.52. The maximum atomic E-state index is 12.7. The Balaban J connectivity index is 1.39. The number of hydrogen-bond acceptors (Lipinski definition) is 6. The highest BCUT2D eigenvalue weighted by Gasteiger charge is 2.30. The molecule has 2 aromatic heterocycles. The van der Waals surface area contributed by atoms with Gasteiger partial charge in [0.15, 0.2) is 5.13 Å². The first-order valence-electron chi connectivity index (χ1n) is 11.3. The highest BCUT2D eigenvalue weighted by Crippen LogP contribution is 2.31. The van der Waals surface area contributed by atoms with E-state index in [1.165, 1.54) is 21.3 Å². The number of rotatable bonds is 7. The standard InChI is InChI=1S/C22H32N4O4S2/c1-4-32(28,29)25-9-7-17(8-10-25)21(27)24-22-23-20(14-31-22)19-12-15(2)26(16(19)3)13-18-6-5-11-30-18/h12,14,17-18H,4-11,13H2,1-3H3,(H,23,24,27)/t18-/m1/s1. The van der Waals surface area contributed by atoms with Crippen molar-refractivity contribution in [1.29, 1.82) is 0 Å². The number of ether oxygens (including phenoxy) is 1. The molecule has 8 nitrogen and oxygen atoms in total. The fourth-order valence-electron chi connectivity index (χ4n) is 4.57. The summed E-state index contributed by atoms with van der Waals surface area (Å²) in [6.45, 7) is 8.35. The molecule has 1 amide bonds. The summed E-state index contributed by atoms with van der Waals surface area (Å²) < 4.78 is 33.6. The molecule has 32 heavy (non-hydrogen) atoms. The number of carbonyl (C=O) groups is 1. The van der Waals surface area contributed by atoms with Gasteiger partial charge in [-0.05, 0) is 52.5 Å². The Hall–Kier alpha value is -1.75. The molecule has 0 unspecified atom stereocenters. The summed E-state index contributed by atoms with van der Waals surface area (Å²) in [6, 6.07) is 2.15. The van der Waals surface area contributed by atoms with E-state index in [4.69, 9.17) is 4.74 Å². The van der Waals surface area contributed by atoms with Crippen LogP contribution in [0.15, 0.2) is 11.4 Å². The van der Waals surface area contributed by atoms with Crippen LogP contribution in [0.25, 0.3) is 11.3 Å². The smallest absolute Gasteiger partial charge is 0.229 e. The molecule has 0 aliphatic carbocycles. The lowest BCUT2D eigenvalue weighted by Crippen LogP contribution is -2.42. The van der Waals surface area contributed by atoms with Gasteiger partial charge in [0.05, 0.1) is 17.6 Å². The summed E-state index contributed by atoms with van der Waals surface area (Å²) in [4.78, 5) is 17.4. The van der Waals surface area contributed by atoms with Crippen LogP contribution in [0.4, 0.5) is 5.13 Å². The maximum absolute atomic E-state index is 12.7. The van der Waals surface area contributed by atoms with Crippen molar-refractivity contribution in [3.8, 4) is 11.3 Å². The van der Waals surface area contributed by atoms with Crippen LogP contribution in [0.5, 0.6) is 0 Å². The summed E-state index contributed by atoms with van der Waals surface area (Å²) in [5.74, 6) is -0.175. The lowest BCUT2D eigenvalue weighted by Gasteiger charge is -2.30. The van der Waals surface area contributed by atoms with Crippen LogP contribution in [-0.4, -0.2) is 59.7 Å². The first-order chi connectivity index (χ1) is 15.3. The number of anilines is 1. The van der Waals surface area contributed by atoms with Crippen LogP contribution in [0.3, 0.4) is 0 Å². The van der Waals surface area contributed by atoms with Gasteiger partial charge in [0.2, 0.25) is 15.9 Å². The fourth-order valence-corrected chi connectivity index (χ4v) is 6.42. The van der Waals surface area contributed by atoms with Crippen molar-refractivity contribution < 1.29 is 17.9 Å². The van der Waals surface area contributed by atoms with Crippen molar-refractivity contribution in [2.24, 2.45) is 5.92 Å². The zero-order valence-corrected chi connectivity index (χ0v) is 20.6. The first-order valence-corrected chi connectivity index (χ1v) is 13.8. The lowest BCUT2D eigenvalue weighted by atomic mass is 9.97. The number of amides is 1. The Bertz CT molecular complexity index is 1060. The van der Waals surface area contributed by atoms with Gasteiger partial charge in [-0.2, -0.15) is 0 Å². The van der Waals surface area contributed by atoms with Crippen molar-refractivity contribution in [2.75, 3.05) is 30.8 Å². The highest BCUT2D eigenvalue weighted by molar-refractivity contribution is 7.89. The molecule has 0 spiro atoms. The zero-order valence-electron chi connectivity index (χ0n) is 19.0. The number of nitrogens with zero attached hydrogens (tertiary/aromatic N) is 3. The van der Waals surface area contributed by atoms with E-state index >= 15 is 0 Å². The van der Waals surface area contributed by atoms with Gasteiger partial charge in [0.25, 0.3) is 0 Å². The van der Waals surface area contributed by atoms with Gasteiger partial charge < -0.3 is 14.6 Å². The largest absolute Gasteiger partial charge is 0.376 e. The Morgan fingerprint density at radius 1 is 1.28 bits per heavy atom. The molecule has 1 N–H and O–H groups in total. The van der Waals surface area contributed by atoms with Gasteiger partial charge in [-0.1, -0.05) is 0 Å². The molecule has 2 aromatic rings. The number of hydrogen-bond donors (Lipinski definition) is 1. The molecule has 0 bridgehead atoms. The van der Waals surface area contributed by atoms with Crippen molar-refractivity contribution in [2.45, 2.75) is 59.1 Å². The Labute approximate surface area is 194 Å². The van der Waals surface area contributed by atoms with E-state index in [-0.39, 0.29) is 23.7 Å². The quantitative estimate of drug-likeness (QED) is 0.656. The predicted molar refractivity (Wildman–Crippen MR) is 126 cm³/mol. The van der Waals surface area contributed by atoms with Crippen LogP contribution >= 0.6 is 11.3 Å². The first kappa shape index (κ1) is 23.4. The van der Waals surface area contributed by atoms with E-state index in [1.807, 2.05) is 5.38 Å². The third-order valence-corrected chi connectivity index (χ3v) is 9.22. The van der Waals surface area contributed by atoms with Crippen molar-refractivity contribution in [3.05, 3.63) is 22.8 Å². The van der Waals surface area contributed by atoms with E-state index in [1.54, 1.807) is 6.92 Å². The minimum Gasteiger partial charge on any atom is -0.376 e. The van der Waals surface area contributed by atoms with Crippen LogP contribution in [0.2, 0.25) is 0 Å². The van der Waals surface area contributed by atoms with Crippen molar-refractivity contribution in [1.82, 2.24) is 13.9 Å². The second kappa shape index (κ2) is 9.62. The van der Waals surface area contributed by atoms with E-state index < -0.39 is 10.0 Å². The second-order valence-electron chi connectivity index (χ2n) is 8.63. The highest BCUT2D eigenvalue weighted by atomic mass is 32.2. The van der Waals surface area contributed by atoms with Gasteiger partial charge >= 0.3 is 0 Å². The summed E-state index contributed by atoms with van der Waals surface area (Å²) in [5.41, 5.74) is 4.28. The van der Waals surface area contributed by atoms with E-state index in [9.17, 15) is 13.2 Å². The SMILES string of the molecule is CCS(=O)(=O)N1CCC(C(=O)Nc2nc(-c3cc(C)n(C[C@H]4CCCO4)c3C)cs2)CC1. The molecule has 4 rings (SSSR count). The molecule has 2 aliphatic rings. The molecular formula is C22H32N4O4S2. The predicted octanol–water partition coefficient (Wildman–Crippen LogP) is 3.41. The summed E-state index contributed by atoms with van der Waals surface area (Å²) >= 11 is 1.42. The molecule has 2 saturated heterocycles. The zero-order chi connectivity index (χ0) is 22.9. The Kier molecular flexibility index (Phi) is 7.04.